The molecule has 1 unspecified atom stereocenters. The monoisotopic (exact) mass is 228 g/mol. The smallest absolute Gasteiger partial charge is 0.0489 e. The van der Waals surface area contributed by atoms with E-state index in [0.717, 1.165) is 6.42 Å². The maximum atomic E-state index is 6.38. The second kappa shape index (κ2) is 4.19. The SMILES string of the molecule is CCc1cccc2c(C(N)C3CCC3)c[nH]c12. The molecule has 1 saturated carbocycles. The highest BCUT2D eigenvalue weighted by Crippen LogP contribution is 2.38. The third kappa shape index (κ3) is 1.67. The van der Waals surface area contributed by atoms with Gasteiger partial charge in [-0.3, -0.25) is 0 Å². The molecule has 3 rings (SSSR count). The molecule has 17 heavy (non-hydrogen) atoms. The Labute approximate surface area is 102 Å². The minimum Gasteiger partial charge on any atom is -0.361 e. The molecule has 0 saturated heterocycles. The van der Waals surface area contributed by atoms with Crippen molar-refractivity contribution in [1.29, 1.82) is 0 Å². The summed E-state index contributed by atoms with van der Waals surface area (Å²) >= 11 is 0. The van der Waals surface area contributed by atoms with E-state index < -0.39 is 0 Å². The molecule has 1 heterocycles. The molecule has 90 valence electrons. The van der Waals surface area contributed by atoms with Crippen LogP contribution in [-0.4, -0.2) is 4.98 Å². The Morgan fingerprint density at radius 2 is 2.24 bits per heavy atom. The van der Waals surface area contributed by atoms with Crippen LogP contribution in [0.2, 0.25) is 0 Å². The topological polar surface area (TPSA) is 41.8 Å². The van der Waals surface area contributed by atoms with Crippen LogP contribution in [0.1, 0.15) is 43.4 Å². The molecule has 2 nitrogen and oxygen atoms in total. The molecule has 2 heteroatoms. The van der Waals surface area contributed by atoms with E-state index >= 15 is 0 Å². The van der Waals surface area contributed by atoms with Gasteiger partial charge in [0.05, 0.1) is 0 Å². The summed E-state index contributed by atoms with van der Waals surface area (Å²) in [6.45, 7) is 2.20. The summed E-state index contributed by atoms with van der Waals surface area (Å²) in [4.78, 5) is 3.41. The highest BCUT2D eigenvalue weighted by molar-refractivity contribution is 5.86. The van der Waals surface area contributed by atoms with Gasteiger partial charge in [0.2, 0.25) is 0 Å². The van der Waals surface area contributed by atoms with Gasteiger partial charge in [-0.1, -0.05) is 31.5 Å². The number of H-pyrrole nitrogens is 1. The number of rotatable bonds is 3. The summed E-state index contributed by atoms with van der Waals surface area (Å²) in [5.41, 5.74) is 10.3. The third-order valence-electron chi connectivity index (χ3n) is 4.23. The second-order valence-corrected chi connectivity index (χ2v) is 5.15. The molecule has 1 aliphatic carbocycles. The number of hydrogen-bond acceptors (Lipinski definition) is 1. The van der Waals surface area contributed by atoms with Gasteiger partial charge >= 0.3 is 0 Å². The van der Waals surface area contributed by atoms with Crippen LogP contribution in [0.5, 0.6) is 0 Å². The van der Waals surface area contributed by atoms with Crippen LogP contribution in [0.15, 0.2) is 24.4 Å². The fourth-order valence-corrected chi connectivity index (χ4v) is 2.86. The molecule has 0 bridgehead atoms. The zero-order valence-corrected chi connectivity index (χ0v) is 10.4. The third-order valence-corrected chi connectivity index (χ3v) is 4.23. The van der Waals surface area contributed by atoms with Crippen molar-refractivity contribution in [2.24, 2.45) is 11.7 Å². The van der Waals surface area contributed by atoms with Crippen LogP contribution in [0.25, 0.3) is 10.9 Å². The molecule has 1 atom stereocenters. The van der Waals surface area contributed by atoms with Gasteiger partial charge in [-0.15, -0.1) is 0 Å². The van der Waals surface area contributed by atoms with Crippen LogP contribution >= 0.6 is 0 Å². The fourth-order valence-electron chi connectivity index (χ4n) is 2.86. The number of para-hydroxylation sites is 1. The van der Waals surface area contributed by atoms with E-state index in [4.69, 9.17) is 5.73 Å². The molecule has 0 amide bonds. The average Bonchev–Trinajstić information content (AvgIpc) is 2.69. The molecular formula is C15H20N2. The maximum Gasteiger partial charge on any atom is 0.0489 e. The van der Waals surface area contributed by atoms with Gasteiger partial charge < -0.3 is 10.7 Å². The lowest BCUT2D eigenvalue weighted by Gasteiger charge is -2.31. The minimum absolute atomic E-state index is 0.213. The molecule has 2 aromatic rings. The summed E-state index contributed by atoms with van der Waals surface area (Å²) in [7, 11) is 0. The van der Waals surface area contributed by atoms with Crippen LogP contribution in [0.4, 0.5) is 0 Å². The van der Waals surface area contributed by atoms with Gasteiger partial charge in [-0.25, -0.2) is 0 Å². The zero-order valence-electron chi connectivity index (χ0n) is 10.4. The molecule has 0 aliphatic heterocycles. The van der Waals surface area contributed by atoms with E-state index in [2.05, 4.69) is 36.3 Å². The first-order valence-corrected chi connectivity index (χ1v) is 6.65. The Kier molecular flexibility index (Phi) is 2.67. The number of benzene rings is 1. The van der Waals surface area contributed by atoms with Gasteiger partial charge in [0.15, 0.2) is 0 Å². The average molecular weight is 228 g/mol. The van der Waals surface area contributed by atoms with Crippen LogP contribution < -0.4 is 5.73 Å². The van der Waals surface area contributed by atoms with E-state index in [1.165, 1.54) is 41.3 Å². The van der Waals surface area contributed by atoms with Gasteiger partial charge in [0.1, 0.15) is 0 Å². The summed E-state index contributed by atoms with van der Waals surface area (Å²) in [6, 6.07) is 6.74. The predicted octanol–water partition coefficient (Wildman–Crippen LogP) is 3.53. The molecule has 1 aromatic carbocycles. The van der Waals surface area contributed by atoms with E-state index in [-0.39, 0.29) is 6.04 Å². The van der Waals surface area contributed by atoms with Gasteiger partial charge in [-0.2, -0.15) is 0 Å². The number of aromatic nitrogens is 1. The first kappa shape index (κ1) is 10.8. The van der Waals surface area contributed by atoms with Crippen molar-refractivity contribution in [2.45, 2.75) is 38.6 Å². The lowest BCUT2D eigenvalue weighted by Crippen LogP contribution is -2.26. The standard InChI is InChI=1S/C15H20N2/c1-2-10-5-4-8-12-13(9-17-15(10)12)14(16)11-6-3-7-11/h4-5,8-9,11,14,17H,2-3,6-7,16H2,1H3. The van der Waals surface area contributed by atoms with E-state index in [9.17, 15) is 0 Å². The number of aryl methyl sites for hydroxylation is 1. The Morgan fingerprint density at radius 3 is 2.88 bits per heavy atom. The van der Waals surface area contributed by atoms with Crippen molar-refractivity contribution in [3.63, 3.8) is 0 Å². The van der Waals surface area contributed by atoms with E-state index in [1.807, 2.05) is 0 Å². The van der Waals surface area contributed by atoms with Crippen LogP contribution in [0, 0.1) is 5.92 Å². The largest absolute Gasteiger partial charge is 0.361 e. The molecule has 3 N–H and O–H groups in total. The summed E-state index contributed by atoms with van der Waals surface area (Å²) in [6.07, 6.45) is 7.12. The normalized spacial score (nSPS) is 18.2. The molecule has 1 aromatic heterocycles. The second-order valence-electron chi connectivity index (χ2n) is 5.15. The van der Waals surface area contributed by atoms with Crippen LogP contribution in [0.3, 0.4) is 0 Å². The van der Waals surface area contributed by atoms with Gasteiger partial charge in [0.25, 0.3) is 0 Å². The minimum atomic E-state index is 0.213. The van der Waals surface area contributed by atoms with Crippen molar-refractivity contribution in [2.75, 3.05) is 0 Å². The number of nitrogens with two attached hydrogens (primary N) is 1. The van der Waals surface area contributed by atoms with Crippen molar-refractivity contribution in [3.05, 3.63) is 35.5 Å². The Morgan fingerprint density at radius 1 is 1.41 bits per heavy atom. The molecule has 1 aliphatic rings. The molecular weight excluding hydrogens is 208 g/mol. The number of aromatic amines is 1. The molecule has 0 spiro atoms. The number of hydrogen-bond donors (Lipinski definition) is 2. The van der Waals surface area contributed by atoms with E-state index in [0.29, 0.717) is 5.92 Å². The van der Waals surface area contributed by atoms with Crippen molar-refractivity contribution < 1.29 is 0 Å². The lowest BCUT2D eigenvalue weighted by molar-refractivity contribution is 0.265. The Bertz CT molecular complexity index is 523. The Balaban J connectivity index is 2.05. The molecule has 0 radical (unpaired) electrons. The predicted molar refractivity (Wildman–Crippen MR) is 71.9 cm³/mol. The van der Waals surface area contributed by atoms with Crippen LogP contribution in [-0.2, 0) is 6.42 Å². The first-order chi connectivity index (χ1) is 8.31. The zero-order chi connectivity index (χ0) is 11.8. The highest BCUT2D eigenvalue weighted by Gasteiger charge is 2.27. The summed E-state index contributed by atoms with van der Waals surface area (Å²) < 4.78 is 0. The quantitative estimate of drug-likeness (QED) is 0.829. The fraction of sp³-hybridized carbons (Fsp3) is 0.467. The van der Waals surface area contributed by atoms with Crippen molar-refractivity contribution in [3.8, 4) is 0 Å². The number of nitrogens with one attached hydrogen (secondary N) is 1. The maximum absolute atomic E-state index is 6.38. The number of fused-ring (bicyclic) bond motifs is 1. The highest BCUT2D eigenvalue weighted by atomic mass is 14.7. The van der Waals surface area contributed by atoms with Crippen molar-refractivity contribution in [1.82, 2.24) is 4.98 Å². The van der Waals surface area contributed by atoms with Gasteiger partial charge in [0, 0.05) is 23.1 Å². The summed E-state index contributed by atoms with van der Waals surface area (Å²) in [5.74, 6) is 0.694. The van der Waals surface area contributed by atoms with E-state index in [1.54, 1.807) is 0 Å². The first-order valence-electron chi connectivity index (χ1n) is 6.65. The summed E-state index contributed by atoms with van der Waals surface area (Å²) in [5, 5.41) is 1.32. The Hall–Kier alpha value is -1.28. The molecule has 1 fully saturated rings. The van der Waals surface area contributed by atoms with Gasteiger partial charge in [-0.05, 0) is 36.3 Å². The lowest BCUT2D eigenvalue weighted by atomic mass is 9.77. The van der Waals surface area contributed by atoms with Crippen molar-refractivity contribution >= 4 is 10.9 Å².